The number of esters is 1. The number of nitrogens with zero attached hydrogens (tertiary/aromatic N) is 2. The van der Waals surface area contributed by atoms with Gasteiger partial charge in [0.05, 0.1) is 20.8 Å². The number of carbonyl (C=O) groups excluding carboxylic acids is 3. The molecule has 2 amide bonds. The molecule has 182 valence electrons. The van der Waals surface area contributed by atoms with Crippen molar-refractivity contribution >= 4 is 23.5 Å². The van der Waals surface area contributed by atoms with Gasteiger partial charge < -0.3 is 24.4 Å². The van der Waals surface area contributed by atoms with Gasteiger partial charge in [0.25, 0.3) is 5.91 Å². The zero-order valence-corrected chi connectivity index (χ0v) is 20.1. The van der Waals surface area contributed by atoms with Gasteiger partial charge in [0.1, 0.15) is 17.1 Å². The molecule has 3 rings (SSSR count). The number of ether oxygens (including phenoxy) is 3. The maximum absolute atomic E-state index is 12.6. The first-order valence-corrected chi connectivity index (χ1v) is 11.1. The quantitative estimate of drug-likeness (QED) is 0.593. The lowest BCUT2D eigenvalue weighted by Crippen LogP contribution is -2.51. The number of rotatable bonds is 8. The van der Waals surface area contributed by atoms with Gasteiger partial charge in [0.2, 0.25) is 5.91 Å². The summed E-state index contributed by atoms with van der Waals surface area (Å²) in [6.45, 7) is 5.80. The van der Waals surface area contributed by atoms with Crippen molar-refractivity contribution in [1.82, 2.24) is 9.80 Å². The average Bonchev–Trinajstić information content (AvgIpc) is 2.84. The minimum absolute atomic E-state index is 0.0862. The molecule has 1 heterocycles. The minimum atomic E-state index is -0.690. The molecule has 0 bridgehead atoms. The van der Waals surface area contributed by atoms with Crippen molar-refractivity contribution < 1.29 is 28.6 Å². The van der Waals surface area contributed by atoms with Crippen LogP contribution in [-0.2, 0) is 14.3 Å². The molecular formula is C25H31N3O6. The number of anilines is 1. The van der Waals surface area contributed by atoms with E-state index in [4.69, 9.17) is 14.2 Å². The predicted octanol–water partition coefficient (Wildman–Crippen LogP) is 2.26. The summed E-state index contributed by atoms with van der Waals surface area (Å²) in [6, 6.07) is 10.8. The van der Waals surface area contributed by atoms with Gasteiger partial charge in [-0.25, -0.2) is 4.79 Å². The third kappa shape index (κ3) is 6.05. The van der Waals surface area contributed by atoms with Crippen LogP contribution in [-0.4, -0.2) is 81.1 Å². The molecule has 0 aromatic heterocycles. The molecule has 2 aromatic carbocycles. The number of amides is 2. The van der Waals surface area contributed by atoms with E-state index in [-0.39, 0.29) is 30.5 Å². The van der Waals surface area contributed by atoms with Gasteiger partial charge in [-0.2, -0.15) is 0 Å². The highest BCUT2D eigenvalue weighted by Gasteiger charge is 2.25. The maximum Gasteiger partial charge on any atom is 0.346 e. The van der Waals surface area contributed by atoms with E-state index < -0.39 is 5.97 Å². The van der Waals surface area contributed by atoms with E-state index in [1.54, 1.807) is 23.1 Å². The lowest BCUT2D eigenvalue weighted by Gasteiger charge is -2.34. The summed E-state index contributed by atoms with van der Waals surface area (Å²) >= 11 is 0. The second-order valence-corrected chi connectivity index (χ2v) is 8.09. The van der Waals surface area contributed by atoms with Crippen molar-refractivity contribution in [1.29, 1.82) is 0 Å². The molecule has 1 fully saturated rings. The summed E-state index contributed by atoms with van der Waals surface area (Å²) in [7, 11) is 2.89. The standard InChI is InChI=1S/C25H31N3O6/c1-17-7-5-8-18(2)24(17)26-21(29)15-27-11-13-28(14-12-27)22(30)16-34-25(31)23-19(32-3)9-6-10-20(23)33-4/h5-10H,11-16H2,1-4H3,(H,26,29). The zero-order valence-electron chi connectivity index (χ0n) is 20.1. The molecule has 1 aliphatic heterocycles. The van der Waals surface area contributed by atoms with Crippen LogP contribution in [0.5, 0.6) is 11.5 Å². The second kappa shape index (κ2) is 11.5. The van der Waals surface area contributed by atoms with Crippen molar-refractivity contribution in [2.45, 2.75) is 13.8 Å². The highest BCUT2D eigenvalue weighted by molar-refractivity contribution is 5.97. The van der Waals surface area contributed by atoms with Gasteiger partial charge in [-0.3, -0.25) is 14.5 Å². The number of para-hydroxylation sites is 1. The van der Waals surface area contributed by atoms with Crippen LogP contribution in [0.15, 0.2) is 36.4 Å². The molecule has 1 aliphatic rings. The number of nitrogens with one attached hydrogen (secondary N) is 1. The summed E-state index contributed by atoms with van der Waals surface area (Å²) in [5.41, 5.74) is 3.02. The SMILES string of the molecule is COc1cccc(OC)c1C(=O)OCC(=O)N1CCN(CC(=O)Nc2c(C)cccc2C)CC1. The van der Waals surface area contributed by atoms with Crippen molar-refractivity contribution in [3.05, 3.63) is 53.1 Å². The predicted molar refractivity (Wildman–Crippen MR) is 127 cm³/mol. The Bertz CT molecular complexity index is 1000. The molecule has 9 nitrogen and oxygen atoms in total. The fourth-order valence-corrected chi connectivity index (χ4v) is 3.89. The summed E-state index contributed by atoms with van der Waals surface area (Å²) in [5, 5.41) is 2.99. The normalized spacial score (nSPS) is 13.8. The Labute approximate surface area is 199 Å². The number of hydrogen-bond acceptors (Lipinski definition) is 7. The van der Waals surface area contributed by atoms with E-state index in [2.05, 4.69) is 5.32 Å². The van der Waals surface area contributed by atoms with Crippen molar-refractivity contribution in [2.75, 3.05) is 58.9 Å². The lowest BCUT2D eigenvalue weighted by molar-refractivity contribution is -0.136. The largest absolute Gasteiger partial charge is 0.496 e. The molecule has 0 saturated carbocycles. The molecule has 0 radical (unpaired) electrons. The van der Waals surface area contributed by atoms with Gasteiger partial charge in [0, 0.05) is 31.9 Å². The van der Waals surface area contributed by atoms with Crippen LogP contribution in [0.25, 0.3) is 0 Å². The number of hydrogen-bond donors (Lipinski definition) is 1. The topological polar surface area (TPSA) is 97.4 Å². The molecule has 34 heavy (non-hydrogen) atoms. The van der Waals surface area contributed by atoms with Gasteiger partial charge in [-0.15, -0.1) is 0 Å². The molecule has 0 spiro atoms. The van der Waals surface area contributed by atoms with E-state index in [0.717, 1.165) is 16.8 Å². The van der Waals surface area contributed by atoms with Gasteiger partial charge in [-0.05, 0) is 37.1 Å². The molecule has 0 atom stereocenters. The Morgan fingerprint density at radius 3 is 2.00 bits per heavy atom. The maximum atomic E-state index is 12.6. The number of carbonyl (C=O) groups is 3. The molecule has 9 heteroatoms. The van der Waals surface area contributed by atoms with Crippen LogP contribution >= 0.6 is 0 Å². The molecule has 1 saturated heterocycles. The Kier molecular flexibility index (Phi) is 8.48. The fourth-order valence-electron chi connectivity index (χ4n) is 3.89. The highest BCUT2D eigenvalue weighted by Crippen LogP contribution is 2.29. The first kappa shape index (κ1) is 25.0. The third-order valence-electron chi connectivity index (χ3n) is 5.80. The second-order valence-electron chi connectivity index (χ2n) is 8.09. The van der Waals surface area contributed by atoms with E-state index in [1.807, 2.05) is 36.9 Å². The molecule has 0 aliphatic carbocycles. The van der Waals surface area contributed by atoms with Gasteiger partial charge in [0.15, 0.2) is 6.61 Å². The minimum Gasteiger partial charge on any atom is -0.496 e. The first-order chi connectivity index (χ1) is 16.3. The van der Waals surface area contributed by atoms with E-state index in [9.17, 15) is 14.4 Å². The Morgan fingerprint density at radius 2 is 1.44 bits per heavy atom. The fraction of sp³-hybridized carbons (Fsp3) is 0.400. The smallest absolute Gasteiger partial charge is 0.346 e. The zero-order chi connectivity index (χ0) is 24.7. The third-order valence-corrected chi connectivity index (χ3v) is 5.80. The van der Waals surface area contributed by atoms with Gasteiger partial charge in [-0.1, -0.05) is 24.3 Å². The number of benzene rings is 2. The average molecular weight is 470 g/mol. The molecule has 2 aromatic rings. The van der Waals surface area contributed by atoms with Gasteiger partial charge >= 0.3 is 5.97 Å². The van der Waals surface area contributed by atoms with Crippen molar-refractivity contribution in [3.63, 3.8) is 0 Å². The first-order valence-electron chi connectivity index (χ1n) is 11.1. The van der Waals surface area contributed by atoms with Crippen LogP contribution < -0.4 is 14.8 Å². The van der Waals surface area contributed by atoms with Crippen LogP contribution in [0.3, 0.4) is 0 Å². The Morgan fingerprint density at radius 1 is 0.882 bits per heavy atom. The number of aryl methyl sites for hydroxylation is 2. The molecule has 0 unspecified atom stereocenters. The van der Waals surface area contributed by atoms with Crippen molar-refractivity contribution in [3.8, 4) is 11.5 Å². The summed E-state index contributed by atoms with van der Waals surface area (Å²) in [4.78, 5) is 41.3. The van der Waals surface area contributed by atoms with Crippen LogP contribution in [0.1, 0.15) is 21.5 Å². The number of methoxy groups -OCH3 is 2. The lowest BCUT2D eigenvalue weighted by atomic mass is 10.1. The number of piperazine rings is 1. The Hall–Kier alpha value is -3.59. The molecule has 1 N–H and O–H groups in total. The van der Waals surface area contributed by atoms with Crippen LogP contribution in [0.2, 0.25) is 0 Å². The summed E-state index contributed by atoms with van der Waals surface area (Å²) < 4.78 is 15.7. The van der Waals surface area contributed by atoms with Crippen LogP contribution in [0.4, 0.5) is 5.69 Å². The van der Waals surface area contributed by atoms with E-state index in [1.165, 1.54) is 14.2 Å². The summed E-state index contributed by atoms with van der Waals surface area (Å²) in [6.07, 6.45) is 0. The summed E-state index contributed by atoms with van der Waals surface area (Å²) in [5.74, 6) is -0.447. The monoisotopic (exact) mass is 469 g/mol. The van der Waals surface area contributed by atoms with E-state index in [0.29, 0.717) is 37.7 Å². The highest BCUT2D eigenvalue weighted by atomic mass is 16.5. The van der Waals surface area contributed by atoms with E-state index >= 15 is 0 Å². The molecular weight excluding hydrogens is 438 g/mol. The van der Waals surface area contributed by atoms with Crippen molar-refractivity contribution in [2.24, 2.45) is 0 Å². The Balaban J connectivity index is 1.47. The van der Waals surface area contributed by atoms with Crippen LogP contribution in [0, 0.1) is 13.8 Å².